The molecule has 0 amide bonds. The maximum Gasteiger partial charge on any atom is 0.0966 e. The summed E-state index contributed by atoms with van der Waals surface area (Å²) in [7, 11) is 2.07. The Hall–Kier alpha value is -1.51. The Morgan fingerprint density at radius 2 is 2.23 bits per heavy atom. The van der Waals surface area contributed by atoms with Crippen LogP contribution < -0.4 is 10.3 Å². The highest BCUT2D eigenvalue weighted by molar-refractivity contribution is 5.96. The lowest BCUT2D eigenvalue weighted by molar-refractivity contribution is 0.961. The first-order chi connectivity index (χ1) is 6.33. The highest BCUT2D eigenvalue weighted by Crippen LogP contribution is 2.28. The van der Waals surface area contributed by atoms with Gasteiger partial charge in [-0.15, -0.1) is 0 Å². The molecule has 0 saturated carbocycles. The van der Waals surface area contributed by atoms with Crippen molar-refractivity contribution in [2.75, 3.05) is 18.5 Å². The molecule has 2 rings (SSSR count). The molecule has 0 bridgehead atoms. The van der Waals surface area contributed by atoms with Crippen molar-refractivity contribution in [3.63, 3.8) is 0 Å². The summed E-state index contributed by atoms with van der Waals surface area (Å²) in [6.07, 6.45) is 1.82. The van der Waals surface area contributed by atoms with E-state index in [0.717, 1.165) is 17.8 Å². The summed E-state index contributed by atoms with van der Waals surface area (Å²) >= 11 is 0. The molecule has 0 N–H and O–H groups in total. The molecule has 0 aliphatic carbocycles. The molecule has 0 aromatic heterocycles. The second-order valence-corrected chi connectivity index (χ2v) is 3.07. The molecule has 1 aliphatic rings. The quantitative estimate of drug-likeness (QED) is 0.671. The van der Waals surface area contributed by atoms with E-state index in [-0.39, 0.29) is 0 Å². The van der Waals surface area contributed by atoms with Gasteiger partial charge in [0.25, 0.3) is 0 Å². The summed E-state index contributed by atoms with van der Waals surface area (Å²) in [5, 5.41) is 3.90. The predicted molar refractivity (Wildman–Crippen MR) is 54.8 cm³/mol. The Balaban J connectivity index is 2.46. The van der Waals surface area contributed by atoms with Crippen LogP contribution in [0.4, 0.5) is 11.4 Å². The van der Waals surface area contributed by atoms with Crippen LogP contribution in [0.2, 0.25) is 0 Å². The van der Waals surface area contributed by atoms with Gasteiger partial charge in [-0.3, -0.25) is 0 Å². The lowest BCUT2D eigenvalue weighted by atomic mass is 10.1. The average molecular weight is 174 g/mol. The van der Waals surface area contributed by atoms with Crippen LogP contribution in [0.3, 0.4) is 0 Å². The fraction of sp³-hybridized carbons (Fsp3) is 0.300. The van der Waals surface area contributed by atoms with E-state index in [4.69, 9.17) is 0 Å². The van der Waals surface area contributed by atoms with Crippen LogP contribution in [0.5, 0.6) is 0 Å². The molecule has 0 spiro atoms. The minimum Gasteiger partial charge on any atom is -0.374 e. The van der Waals surface area contributed by atoms with Crippen LogP contribution in [-0.4, -0.2) is 19.8 Å². The highest BCUT2D eigenvalue weighted by atomic mass is 15.3. The van der Waals surface area contributed by atoms with Crippen molar-refractivity contribution in [2.24, 2.45) is 5.10 Å². The third-order valence-corrected chi connectivity index (χ3v) is 2.30. The van der Waals surface area contributed by atoms with Crippen molar-refractivity contribution in [2.45, 2.75) is 6.92 Å². The summed E-state index contributed by atoms with van der Waals surface area (Å²) in [4.78, 5) is 2.19. The van der Waals surface area contributed by atoms with Crippen LogP contribution in [0.1, 0.15) is 12.5 Å². The van der Waals surface area contributed by atoms with Gasteiger partial charge in [0.1, 0.15) is 0 Å². The molecule has 1 aromatic carbocycles. The third-order valence-electron chi connectivity index (χ3n) is 2.30. The number of anilines is 1. The van der Waals surface area contributed by atoms with E-state index in [0.29, 0.717) is 0 Å². The number of hydrogen-bond donors (Lipinski definition) is 0. The molecule has 1 radical (unpaired) electrons. The Morgan fingerprint density at radius 1 is 1.38 bits per heavy atom. The number of fused-ring (bicyclic) bond motifs is 1. The van der Waals surface area contributed by atoms with Gasteiger partial charge in [-0.1, -0.05) is 6.07 Å². The van der Waals surface area contributed by atoms with Gasteiger partial charge in [-0.25, -0.2) is 0 Å². The maximum atomic E-state index is 4.02. The average Bonchev–Trinajstić information content (AvgIpc) is 2.63. The normalized spacial score (nSPS) is 12.5. The fourth-order valence-electron chi connectivity index (χ4n) is 1.41. The van der Waals surface area contributed by atoms with E-state index in [1.807, 2.05) is 18.3 Å². The second-order valence-electron chi connectivity index (χ2n) is 3.07. The molecule has 3 nitrogen and oxygen atoms in total. The monoisotopic (exact) mass is 174 g/mol. The second kappa shape index (κ2) is 3.09. The van der Waals surface area contributed by atoms with Gasteiger partial charge in [0.2, 0.25) is 0 Å². The Bertz CT molecular complexity index is 344. The highest BCUT2D eigenvalue weighted by Gasteiger charge is 2.13. The first-order valence-corrected chi connectivity index (χ1v) is 4.41. The molecule has 3 heteroatoms. The number of nitrogens with zero attached hydrogens (tertiary/aromatic N) is 3. The molecule has 13 heavy (non-hydrogen) atoms. The van der Waals surface area contributed by atoms with Crippen molar-refractivity contribution >= 4 is 17.6 Å². The molecule has 67 valence electrons. The number of benzene rings is 1. The summed E-state index contributed by atoms with van der Waals surface area (Å²) in [6.45, 7) is 3.12. The number of hydrogen-bond acceptors (Lipinski definition) is 2. The van der Waals surface area contributed by atoms with E-state index in [9.17, 15) is 0 Å². The fourth-order valence-corrected chi connectivity index (χ4v) is 1.41. The first-order valence-electron chi connectivity index (χ1n) is 4.41. The zero-order chi connectivity index (χ0) is 9.26. The molecular formula is C10H12N3. The van der Waals surface area contributed by atoms with Crippen LogP contribution in [0.25, 0.3) is 0 Å². The summed E-state index contributed by atoms with van der Waals surface area (Å²) in [6, 6.07) is 6.09. The van der Waals surface area contributed by atoms with E-state index < -0.39 is 0 Å². The minimum absolute atomic E-state index is 0.970. The standard InChI is InChI=1S/C10H12N3/c1-3-13(2)10-6-4-5-9-8(10)7-11-12-9/h4-7H,3H2,1-2H3. The number of rotatable bonds is 2. The van der Waals surface area contributed by atoms with Crippen LogP contribution in [0, 0.1) is 0 Å². The van der Waals surface area contributed by atoms with Gasteiger partial charge in [-0.2, -0.15) is 10.5 Å². The van der Waals surface area contributed by atoms with Gasteiger partial charge < -0.3 is 4.90 Å². The molecule has 0 atom stereocenters. The summed E-state index contributed by atoms with van der Waals surface area (Å²) in [5.74, 6) is 0. The molecule has 0 fully saturated rings. The van der Waals surface area contributed by atoms with Gasteiger partial charge in [-0.05, 0) is 19.1 Å². The van der Waals surface area contributed by atoms with Crippen molar-refractivity contribution in [3.05, 3.63) is 23.8 Å². The van der Waals surface area contributed by atoms with E-state index in [1.165, 1.54) is 5.69 Å². The predicted octanol–water partition coefficient (Wildman–Crippen LogP) is 1.73. The van der Waals surface area contributed by atoms with Crippen molar-refractivity contribution in [1.29, 1.82) is 0 Å². The Morgan fingerprint density at radius 3 is 3.00 bits per heavy atom. The molecule has 1 heterocycles. The maximum absolute atomic E-state index is 4.02. The molecule has 1 aliphatic heterocycles. The third kappa shape index (κ3) is 1.26. The topological polar surface area (TPSA) is 29.7 Å². The van der Waals surface area contributed by atoms with Crippen molar-refractivity contribution in [1.82, 2.24) is 5.43 Å². The lowest BCUT2D eigenvalue weighted by Crippen LogP contribution is -2.17. The van der Waals surface area contributed by atoms with Gasteiger partial charge in [0, 0.05) is 24.8 Å². The van der Waals surface area contributed by atoms with Gasteiger partial charge in [0.15, 0.2) is 0 Å². The SMILES string of the molecule is CCN(C)c1cccc2c1C=N[N]2. The van der Waals surface area contributed by atoms with Gasteiger partial charge >= 0.3 is 0 Å². The van der Waals surface area contributed by atoms with E-state index in [1.54, 1.807) is 0 Å². The molecule has 1 aromatic rings. The minimum atomic E-state index is 0.970. The lowest BCUT2D eigenvalue weighted by Gasteiger charge is -2.18. The molecule has 0 saturated heterocycles. The zero-order valence-corrected chi connectivity index (χ0v) is 7.86. The van der Waals surface area contributed by atoms with E-state index >= 15 is 0 Å². The molecule has 0 unspecified atom stereocenters. The largest absolute Gasteiger partial charge is 0.374 e. The van der Waals surface area contributed by atoms with Crippen LogP contribution in [-0.2, 0) is 0 Å². The summed E-state index contributed by atoms with van der Waals surface area (Å²) < 4.78 is 0. The zero-order valence-electron chi connectivity index (χ0n) is 7.86. The van der Waals surface area contributed by atoms with Crippen LogP contribution >= 0.6 is 0 Å². The van der Waals surface area contributed by atoms with Crippen LogP contribution in [0.15, 0.2) is 23.3 Å². The van der Waals surface area contributed by atoms with Crippen molar-refractivity contribution in [3.8, 4) is 0 Å². The molecular weight excluding hydrogens is 162 g/mol. The Labute approximate surface area is 78.1 Å². The Kier molecular flexibility index (Phi) is 1.93. The van der Waals surface area contributed by atoms with Gasteiger partial charge in [0.05, 0.1) is 11.9 Å². The van der Waals surface area contributed by atoms with Crippen molar-refractivity contribution < 1.29 is 0 Å². The van der Waals surface area contributed by atoms with E-state index in [2.05, 4.69) is 35.5 Å². The summed E-state index contributed by atoms with van der Waals surface area (Å²) in [5.41, 5.74) is 7.32. The first kappa shape index (κ1) is 8.10. The smallest absolute Gasteiger partial charge is 0.0966 e.